The molecule has 0 aliphatic heterocycles. The molecular formula is C15H22N2O3. The lowest BCUT2D eigenvalue weighted by atomic mass is 9.97. The molecule has 0 spiro atoms. The van der Waals surface area contributed by atoms with Crippen LogP contribution in [0.15, 0.2) is 34.5 Å². The molecule has 1 aromatic heterocycles. The van der Waals surface area contributed by atoms with E-state index < -0.39 is 6.10 Å². The fourth-order valence-corrected chi connectivity index (χ4v) is 2.30. The van der Waals surface area contributed by atoms with Gasteiger partial charge in [-0.25, -0.2) is 4.79 Å². The Hall–Kier alpha value is -1.75. The van der Waals surface area contributed by atoms with Gasteiger partial charge in [0.2, 0.25) is 0 Å². The van der Waals surface area contributed by atoms with Crippen molar-refractivity contribution in [3.63, 3.8) is 0 Å². The number of nitrogens with one attached hydrogen (secondary N) is 2. The minimum Gasteiger partial charge on any atom is -0.467 e. The zero-order valence-corrected chi connectivity index (χ0v) is 11.6. The van der Waals surface area contributed by atoms with Gasteiger partial charge in [0.25, 0.3) is 0 Å². The summed E-state index contributed by atoms with van der Waals surface area (Å²) in [6.45, 7) is 0.774. The Morgan fingerprint density at radius 3 is 3.00 bits per heavy atom. The van der Waals surface area contributed by atoms with E-state index in [2.05, 4.69) is 16.7 Å². The third-order valence-electron chi connectivity index (χ3n) is 3.44. The van der Waals surface area contributed by atoms with E-state index in [1.165, 1.54) is 24.7 Å². The Labute approximate surface area is 119 Å². The van der Waals surface area contributed by atoms with E-state index in [0.717, 1.165) is 19.3 Å². The summed E-state index contributed by atoms with van der Waals surface area (Å²) in [5, 5.41) is 15.2. The van der Waals surface area contributed by atoms with Crippen molar-refractivity contribution in [2.24, 2.45) is 0 Å². The zero-order valence-electron chi connectivity index (χ0n) is 11.6. The van der Waals surface area contributed by atoms with Crippen LogP contribution < -0.4 is 10.6 Å². The summed E-state index contributed by atoms with van der Waals surface area (Å²) in [6, 6.07) is 3.13. The number of urea groups is 1. The average Bonchev–Trinajstić information content (AvgIpc) is 3.00. The lowest BCUT2D eigenvalue weighted by Gasteiger charge is -2.14. The molecule has 5 nitrogen and oxygen atoms in total. The fourth-order valence-electron chi connectivity index (χ4n) is 2.30. The summed E-state index contributed by atoms with van der Waals surface area (Å²) < 4.78 is 5.06. The number of furan rings is 1. The molecule has 0 saturated carbocycles. The molecule has 0 fully saturated rings. The molecule has 1 unspecified atom stereocenters. The number of aliphatic hydroxyl groups is 1. The molecule has 1 aromatic rings. The van der Waals surface area contributed by atoms with E-state index >= 15 is 0 Å². The lowest BCUT2D eigenvalue weighted by Crippen LogP contribution is -2.38. The molecule has 3 N–H and O–H groups in total. The van der Waals surface area contributed by atoms with Gasteiger partial charge < -0.3 is 20.2 Å². The molecule has 0 aromatic carbocycles. The molecule has 20 heavy (non-hydrogen) atoms. The van der Waals surface area contributed by atoms with Crippen LogP contribution >= 0.6 is 0 Å². The molecule has 1 heterocycles. The van der Waals surface area contributed by atoms with Crippen molar-refractivity contribution in [2.45, 2.75) is 38.2 Å². The molecule has 0 saturated heterocycles. The number of carbonyl (C=O) groups is 1. The van der Waals surface area contributed by atoms with Crippen molar-refractivity contribution in [2.75, 3.05) is 13.1 Å². The Morgan fingerprint density at radius 1 is 1.40 bits per heavy atom. The van der Waals surface area contributed by atoms with E-state index in [9.17, 15) is 9.90 Å². The van der Waals surface area contributed by atoms with Crippen LogP contribution in [0.4, 0.5) is 4.79 Å². The summed E-state index contributed by atoms with van der Waals surface area (Å²) in [4.78, 5) is 11.6. The van der Waals surface area contributed by atoms with E-state index in [1.807, 2.05) is 0 Å². The molecule has 110 valence electrons. The standard InChI is InChI=1S/C15H22N2O3/c18-13(14-7-4-10-20-14)11-17-15(19)16-9-8-12-5-2-1-3-6-12/h4-5,7,10,13,18H,1-3,6,8-9,11H2,(H2,16,17,19). The second-order valence-corrected chi connectivity index (χ2v) is 5.03. The van der Waals surface area contributed by atoms with Crippen molar-refractivity contribution in [3.8, 4) is 0 Å². The maximum atomic E-state index is 11.6. The second-order valence-electron chi connectivity index (χ2n) is 5.03. The minimum atomic E-state index is -0.809. The predicted molar refractivity (Wildman–Crippen MR) is 76.2 cm³/mol. The molecule has 2 amide bonds. The first kappa shape index (κ1) is 14.7. The molecule has 1 aliphatic carbocycles. The number of aliphatic hydroxyl groups excluding tert-OH is 1. The minimum absolute atomic E-state index is 0.141. The summed E-state index contributed by atoms with van der Waals surface area (Å²) in [6.07, 6.45) is 8.73. The highest BCUT2D eigenvalue weighted by molar-refractivity contribution is 5.73. The Morgan fingerprint density at radius 2 is 2.30 bits per heavy atom. The van der Waals surface area contributed by atoms with Crippen LogP contribution in [-0.2, 0) is 0 Å². The monoisotopic (exact) mass is 278 g/mol. The summed E-state index contributed by atoms with van der Waals surface area (Å²) in [7, 11) is 0. The first-order valence-corrected chi connectivity index (χ1v) is 7.17. The van der Waals surface area contributed by atoms with Gasteiger partial charge in [-0.3, -0.25) is 0 Å². The normalized spacial score (nSPS) is 16.4. The highest BCUT2D eigenvalue weighted by Gasteiger charge is 2.11. The van der Waals surface area contributed by atoms with Gasteiger partial charge in [-0.15, -0.1) is 0 Å². The van der Waals surface area contributed by atoms with Crippen LogP contribution in [0.25, 0.3) is 0 Å². The maximum Gasteiger partial charge on any atom is 0.314 e. The van der Waals surface area contributed by atoms with Crippen molar-refractivity contribution >= 4 is 6.03 Å². The molecule has 1 aliphatic rings. The Balaban J connectivity index is 1.59. The van der Waals surface area contributed by atoms with Crippen LogP contribution in [0.1, 0.15) is 44.0 Å². The van der Waals surface area contributed by atoms with Crippen LogP contribution in [0.3, 0.4) is 0 Å². The average molecular weight is 278 g/mol. The van der Waals surface area contributed by atoms with Gasteiger partial charge in [-0.1, -0.05) is 11.6 Å². The van der Waals surface area contributed by atoms with Crippen LogP contribution in [-0.4, -0.2) is 24.2 Å². The van der Waals surface area contributed by atoms with Crippen LogP contribution in [0, 0.1) is 0 Å². The van der Waals surface area contributed by atoms with Gasteiger partial charge in [0.15, 0.2) is 0 Å². The number of rotatable bonds is 6. The number of carbonyl (C=O) groups excluding carboxylic acids is 1. The van der Waals surface area contributed by atoms with E-state index in [0.29, 0.717) is 12.3 Å². The first-order valence-electron chi connectivity index (χ1n) is 7.17. The molecule has 0 bridgehead atoms. The third-order valence-corrected chi connectivity index (χ3v) is 3.44. The van der Waals surface area contributed by atoms with Crippen molar-refractivity contribution in [1.82, 2.24) is 10.6 Å². The quantitative estimate of drug-likeness (QED) is 0.700. The first-order chi connectivity index (χ1) is 9.75. The van der Waals surface area contributed by atoms with Gasteiger partial charge in [0.05, 0.1) is 12.8 Å². The predicted octanol–water partition coefficient (Wildman–Crippen LogP) is 2.50. The number of allylic oxidation sites excluding steroid dienone is 1. The topological polar surface area (TPSA) is 74.5 Å². The van der Waals surface area contributed by atoms with Gasteiger partial charge in [0, 0.05) is 6.54 Å². The lowest BCUT2D eigenvalue weighted by molar-refractivity contribution is 0.148. The molecule has 2 rings (SSSR count). The third kappa shape index (κ3) is 4.74. The number of hydrogen-bond donors (Lipinski definition) is 3. The van der Waals surface area contributed by atoms with E-state index in [-0.39, 0.29) is 12.6 Å². The van der Waals surface area contributed by atoms with Crippen molar-refractivity contribution in [3.05, 3.63) is 35.8 Å². The summed E-state index contributed by atoms with van der Waals surface area (Å²) in [5.41, 5.74) is 1.44. The highest BCUT2D eigenvalue weighted by atomic mass is 16.4. The smallest absolute Gasteiger partial charge is 0.314 e. The van der Waals surface area contributed by atoms with Crippen molar-refractivity contribution < 1.29 is 14.3 Å². The largest absolute Gasteiger partial charge is 0.467 e. The summed E-state index contributed by atoms with van der Waals surface area (Å²) >= 11 is 0. The summed E-state index contributed by atoms with van der Waals surface area (Å²) in [5.74, 6) is 0.456. The molecule has 1 atom stereocenters. The SMILES string of the molecule is O=C(NCCC1=CCCCC1)NCC(O)c1ccco1. The van der Waals surface area contributed by atoms with Gasteiger partial charge in [-0.05, 0) is 44.2 Å². The van der Waals surface area contributed by atoms with E-state index in [1.54, 1.807) is 12.1 Å². The Bertz CT molecular complexity index is 440. The van der Waals surface area contributed by atoms with Crippen LogP contribution in [0.2, 0.25) is 0 Å². The second kappa shape index (κ2) is 7.75. The fraction of sp³-hybridized carbons (Fsp3) is 0.533. The van der Waals surface area contributed by atoms with E-state index in [4.69, 9.17) is 4.42 Å². The molecular weight excluding hydrogens is 256 g/mol. The zero-order chi connectivity index (χ0) is 14.2. The number of amides is 2. The maximum absolute atomic E-state index is 11.6. The van der Waals surface area contributed by atoms with Crippen LogP contribution in [0.5, 0.6) is 0 Å². The van der Waals surface area contributed by atoms with Gasteiger partial charge >= 0.3 is 6.03 Å². The molecule has 5 heteroatoms. The van der Waals surface area contributed by atoms with Gasteiger partial charge in [-0.2, -0.15) is 0 Å². The number of hydrogen-bond acceptors (Lipinski definition) is 3. The Kier molecular flexibility index (Phi) is 5.68. The molecule has 0 radical (unpaired) electrons. The van der Waals surface area contributed by atoms with Crippen molar-refractivity contribution in [1.29, 1.82) is 0 Å². The highest BCUT2D eigenvalue weighted by Crippen LogP contribution is 2.19. The van der Waals surface area contributed by atoms with Gasteiger partial charge in [0.1, 0.15) is 11.9 Å².